The number of carbonyl (C=O) groups excluding carboxylic acids is 7. The minimum atomic E-state index is -2.50. The maximum Gasteiger partial charge on any atom is 0.407 e. The van der Waals surface area contributed by atoms with Crippen LogP contribution in [0.2, 0.25) is 0 Å². The molecule has 11 atom stereocenters. The third kappa shape index (κ3) is 10.5. The molecule has 3 aliphatic carbocycles. The van der Waals surface area contributed by atoms with E-state index in [1.165, 1.54) is 39.8 Å². The molecular formula is C54H62N2O17. The van der Waals surface area contributed by atoms with Crippen molar-refractivity contribution in [1.29, 1.82) is 0 Å². The lowest BCUT2D eigenvalue weighted by Gasteiger charge is -2.67. The molecule has 0 aromatic heterocycles. The van der Waals surface area contributed by atoms with Gasteiger partial charge < -0.3 is 54.4 Å². The summed E-state index contributed by atoms with van der Waals surface area (Å²) in [5.74, 6) is -8.22. The molecule has 1 saturated heterocycles. The molecule has 3 aromatic rings. The molecule has 3 fully saturated rings. The third-order valence-electron chi connectivity index (χ3n) is 15.0. The highest BCUT2D eigenvalue weighted by atomic mass is 16.6. The Labute approximate surface area is 421 Å². The van der Waals surface area contributed by atoms with Crippen LogP contribution in [0.3, 0.4) is 0 Å². The highest BCUT2D eigenvalue weighted by Gasteiger charge is 2.79. The van der Waals surface area contributed by atoms with Crippen molar-refractivity contribution >= 4 is 47.6 Å². The number of aliphatic carboxylic acids is 1. The first-order valence-electron chi connectivity index (χ1n) is 24.2. The number of amides is 2. The van der Waals surface area contributed by atoms with Crippen LogP contribution in [0.4, 0.5) is 4.79 Å². The Morgan fingerprint density at radius 1 is 0.795 bits per heavy atom. The zero-order valence-electron chi connectivity index (χ0n) is 41.5. The number of carboxylic acid groups (broad SMARTS) is 1. The lowest BCUT2D eigenvalue weighted by molar-refractivity contribution is -0.345. The number of benzene rings is 3. The van der Waals surface area contributed by atoms with E-state index in [9.17, 15) is 43.8 Å². The van der Waals surface area contributed by atoms with E-state index in [0.717, 1.165) is 13.8 Å². The summed E-state index contributed by atoms with van der Waals surface area (Å²) in [5, 5.41) is 40.3. The van der Waals surface area contributed by atoms with Crippen LogP contribution < -0.4 is 10.6 Å². The summed E-state index contributed by atoms with van der Waals surface area (Å²) in [6.07, 6.45) is -10.9. The number of esters is 4. The van der Waals surface area contributed by atoms with Crippen LogP contribution in [-0.2, 0) is 52.4 Å². The molecule has 4 aliphatic rings. The Balaban J connectivity index is 1.37. The Morgan fingerprint density at radius 3 is 1.99 bits per heavy atom. The number of carbonyl (C=O) groups is 8. The van der Waals surface area contributed by atoms with Gasteiger partial charge in [0.25, 0.3) is 5.91 Å². The second-order valence-corrected chi connectivity index (χ2v) is 19.9. The fraction of sp³-hybridized carbons (Fsp3) is 0.481. The average molecular weight is 1010 g/mol. The molecule has 0 radical (unpaired) electrons. The first-order chi connectivity index (χ1) is 34.6. The lowest BCUT2D eigenvalue weighted by Crippen LogP contribution is -2.82. The van der Waals surface area contributed by atoms with Gasteiger partial charge in [0.05, 0.1) is 29.5 Å². The molecule has 0 spiro atoms. The van der Waals surface area contributed by atoms with Crippen molar-refractivity contribution in [3.8, 4) is 0 Å². The quantitative estimate of drug-likeness (QED) is 0.0508. The van der Waals surface area contributed by atoms with Crippen LogP contribution in [0.1, 0.15) is 112 Å². The smallest absolute Gasteiger partial charge is 0.407 e. The number of ketones is 1. The number of ether oxygens (including phenoxy) is 6. The van der Waals surface area contributed by atoms with Gasteiger partial charge in [-0.2, -0.15) is 0 Å². The molecule has 3 unspecified atom stereocenters. The number of hydrogen-bond acceptors (Lipinski definition) is 16. The normalized spacial score (nSPS) is 28.6. The maximum absolute atomic E-state index is 16.2. The molecule has 2 amide bonds. The minimum absolute atomic E-state index is 0.0180. The number of aliphatic hydroxyl groups excluding tert-OH is 1. The van der Waals surface area contributed by atoms with E-state index in [-0.39, 0.29) is 41.7 Å². The lowest BCUT2D eigenvalue weighted by atomic mass is 9.44. The fourth-order valence-corrected chi connectivity index (χ4v) is 11.3. The summed E-state index contributed by atoms with van der Waals surface area (Å²) in [6.45, 7) is 7.82. The summed E-state index contributed by atoms with van der Waals surface area (Å²) in [6, 6.07) is 22.6. The van der Waals surface area contributed by atoms with Gasteiger partial charge in [-0.1, -0.05) is 87.0 Å². The zero-order valence-corrected chi connectivity index (χ0v) is 41.5. The molecule has 390 valence electrons. The molecule has 7 rings (SSSR count). The highest BCUT2D eigenvalue weighted by Crippen LogP contribution is 2.65. The van der Waals surface area contributed by atoms with Gasteiger partial charge in [-0.25, -0.2) is 14.4 Å². The van der Waals surface area contributed by atoms with Gasteiger partial charge in [0.2, 0.25) is 0 Å². The number of rotatable bonds is 17. The molecule has 1 heterocycles. The largest absolute Gasteiger partial charge is 0.481 e. The van der Waals surface area contributed by atoms with Crippen LogP contribution >= 0.6 is 0 Å². The highest BCUT2D eigenvalue weighted by molar-refractivity contribution is 5.96. The van der Waals surface area contributed by atoms with Gasteiger partial charge in [-0.05, 0) is 67.7 Å². The van der Waals surface area contributed by atoms with Crippen molar-refractivity contribution in [2.75, 3.05) is 13.2 Å². The van der Waals surface area contributed by atoms with Crippen molar-refractivity contribution in [1.82, 2.24) is 10.6 Å². The molecule has 73 heavy (non-hydrogen) atoms. The Morgan fingerprint density at radius 2 is 1.41 bits per heavy atom. The number of fused-ring (bicyclic) bond motifs is 5. The van der Waals surface area contributed by atoms with E-state index in [4.69, 9.17) is 33.5 Å². The molecule has 2 bridgehead atoms. The molecule has 1 aliphatic heterocycles. The average Bonchev–Trinajstić information content (AvgIpc) is 3.35. The number of carboxylic acids is 1. The number of alkyl carbamates (subject to hydrolysis) is 1. The van der Waals surface area contributed by atoms with E-state index < -0.39 is 131 Å². The number of Topliss-reactive ketones (excluding diaryl/α,β-unsaturated/α-hetero) is 1. The van der Waals surface area contributed by atoms with E-state index in [0.29, 0.717) is 24.8 Å². The minimum Gasteiger partial charge on any atom is -0.481 e. The number of nitrogens with one attached hydrogen (secondary N) is 2. The second kappa shape index (κ2) is 21.6. The number of hydrogen-bond donors (Lipinski definition) is 5. The monoisotopic (exact) mass is 1010 g/mol. The van der Waals surface area contributed by atoms with Gasteiger partial charge in [0.15, 0.2) is 23.6 Å². The maximum atomic E-state index is 16.2. The zero-order chi connectivity index (χ0) is 53.0. The van der Waals surface area contributed by atoms with Gasteiger partial charge >= 0.3 is 35.9 Å². The van der Waals surface area contributed by atoms with Crippen LogP contribution in [-0.4, -0.2) is 124 Å². The summed E-state index contributed by atoms with van der Waals surface area (Å²) in [5.41, 5.74) is -7.70. The standard InChI is InChI=1S/C54H62N2O17/c1-30-36(70-49(65)42(61)41(33-19-11-7-12-20-33)56-47(63)34-21-13-8-14-22-34)28-54(67)46(72-48(64)35-23-15-9-16-24-35)44-52(6,45(62)43(69-31(2)57)40(30)51(54,4)5)37(27-38-53(44,29-68-38)73-32(3)58)71-50(66)55-26-18-10-17-25-39(59)60/h7-9,11-16,19-24,36-38,41-44,46,61,67H,10,17-18,25-29H2,1-6H3,(H,55,66)(H,56,63)(H,59,60)/t36-,37-,38?,41-,42-,43?,44?,46-,52+,53-,54+/m0/s1. The van der Waals surface area contributed by atoms with Crippen molar-refractivity contribution in [3.63, 3.8) is 0 Å². The SMILES string of the molecule is CC(=O)OC1C(=O)[C@@]2(C)C([C@H](OC(=O)c3ccccc3)[C@]3(O)C[C@H](OC(=O)[C@@H](O)[C@@H](NC(=O)c4ccccc4)c4ccccc4)C(C)=C1C3(C)C)[C@]1(OC(C)=O)COC1C[C@@H]2OC(=O)NCCCCCC(=O)O. The van der Waals surface area contributed by atoms with Crippen molar-refractivity contribution in [2.45, 2.75) is 134 Å². The Kier molecular flexibility index (Phi) is 16.0. The Bertz CT molecular complexity index is 2620. The first kappa shape index (κ1) is 53.8. The Hall–Kier alpha value is -6.96. The third-order valence-corrected chi connectivity index (χ3v) is 15.0. The molecule has 19 nitrogen and oxygen atoms in total. The van der Waals surface area contributed by atoms with Crippen LogP contribution in [0, 0.1) is 16.7 Å². The summed E-state index contributed by atoms with van der Waals surface area (Å²) in [7, 11) is 0. The van der Waals surface area contributed by atoms with Crippen LogP contribution in [0.5, 0.6) is 0 Å². The summed E-state index contributed by atoms with van der Waals surface area (Å²) in [4.78, 5) is 110. The molecule has 3 aromatic carbocycles. The van der Waals surface area contributed by atoms with E-state index in [1.54, 1.807) is 78.9 Å². The van der Waals surface area contributed by atoms with Crippen LogP contribution in [0.15, 0.2) is 102 Å². The van der Waals surface area contributed by atoms with Gasteiger partial charge in [-0.15, -0.1) is 0 Å². The van der Waals surface area contributed by atoms with Crippen molar-refractivity contribution in [3.05, 3.63) is 119 Å². The molecule has 19 heteroatoms. The summed E-state index contributed by atoms with van der Waals surface area (Å²) < 4.78 is 37.1. The molecular weight excluding hydrogens is 949 g/mol. The van der Waals surface area contributed by atoms with Crippen molar-refractivity contribution in [2.24, 2.45) is 16.7 Å². The van der Waals surface area contributed by atoms with E-state index >= 15 is 4.79 Å². The van der Waals surface area contributed by atoms with Crippen molar-refractivity contribution < 1.29 is 82.1 Å². The topological polar surface area (TPSA) is 277 Å². The van der Waals surface area contributed by atoms with Gasteiger partial charge in [0.1, 0.15) is 30.0 Å². The molecule has 5 N–H and O–H groups in total. The molecule has 2 saturated carbocycles. The number of unbranched alkanes of at least 4 members (excludes halogenated alkanes) is 2. The second-order valence-electron chi connectivity index (χ2n) is 19.9. The van der Waals surface area contributed by atoms with Gasteiger partial charge in [-0.3, -0.25) is 24.0 Å². The summed E-state index contributed by atoms with van der Waals surface area (Å²) >= 11 is 0. The predicted octanol–water partition coefficient (Wildman–Crippen LogP) is 5.11. The number of aliphatic hydroxyl groups is 2. The predicted molar refractivity (Wildman–Crippen MR) is 256 cm³/mol. The fourth-order valence-electron chi connectivity index (χ4n) is 11.3. The van der Waals surface area contributed by atoms with E-state index in [1.807, 2.05) is 0 Å². The first-order valence-corrected chi connectivity index (χ1v) is 24.2. The van der Waals surface area contributed by atoms with Crippen LogP contribution in [0.25, 0.3) is 0 Å². The van der Waals surface area contributed by atoms with Gasteiger partial charge in [0, 0.05) is 50.6 Å². The van der Waals surface area contributed by atoms with E-state index in [2.05, 4.69) is 10.6 Å².